The Balaban J connectivity index is 3.31. The zero-order valence-corrected chi connectivity index (χ0v) is 12.9. The lowest BCUT2D eigenvalue weighted by atomic mass is 10.0. The van der Waals surface area contributed by atoms with Crippen LogP contribution in [0, 0.1) is 0 Å². The number of aliphatic hydroxyl groups excluding tert-OH is 3. The monoisotopic (exact) mass is 274 g/mol. The molecule has 0 aromatic heterocycles. The highest BCUT2D eigenvalue weighted by atomic mass is 16.3. The fourth-order valence-electron chi connectivity index (χ4n) is 2.44. The van der Waals surface area contributed by atoms with Gasteiger partial charge in [-0.3, -0.25) is 0 Å². The minimum Gasteiger partial charge on any atom is -0.393 e. The average molecular weight is 274 g/mol. The molecule has 0 fully saturated rings. The van der Waals surface area contributed by atoms with Gasteiger partial charge in [-0.1, -0.05) is 58.3 Å². The molecule has 0 heterocycles. The zero-order valence-electron chi connectivity index (χ0n) is 12.9. The molecule has 3 heteroatoms. The van der Waals surface area contributed by atoms with Gasteiger partial charge in [0.1, 0.15) is 0 Å². The predicted octanol–water partition coefficient (Wildman–Crippen LogP) is 3.40. The second-order valence-electron chi connectivity index (χ2n) is 5.89. The molecule has 3 unspecified atom stereocenters. The standard InChI is InChI=1S/C16H34O3/c1-3-4-5-6-7-8-9-10-11-15(18)13-16(19)12-14(2)17/h14-19H,3-13H2,1-2H3. The van der Waals surface area contributed by atoms with Crippen LogP contribution in [0.3, 0.4) is 0 Å². The van der Waals surface area contributed by atoms with Crippen molar-refractivity contribution in [1.82, 2.24) is 0 Å². The average Bonchev–Trinajstić information content (AvgIpc) is 2.31. The van der Waals surface area contributed by atoms with Crippen LogP contribution in [0.15, 0.2) is 0 Å². The van der Waals surface area contributed by atoms with Gasteiger partial charge in [-0.15, -0.1) is 0 Å². The van der Waals surface area contributed by atoms with Gasteiger partial charge < -0.3 is 15.3 Å². The summed E-state index contributed by atoms with van der Waals surface area (Å²) in [6.07, 6.45) is 10.1. The molecule has 116 valence electrons. The van der Waals surface area contributed by atoms with Crippen LogP contribution in [-0.4, -0.2) is 33.6 Å². The molecule has 3 nitrogen and oxygen atoms in total. The summed E-state index contributed by atoms with van der Waals surface area (Å²) in [7, 11) is 0. The molecule has 3 atom stereocenters. The normalized spacial score (nSPS) is 16.3. The van der Waals surface area contributed by atoms with E-state index in [0.29, 0.717) is 12.8 Å². The Morgan fingerprint density at radius 1 is 0.684 bits per heavy atom. The van der Waals surface area contributed by atoms with Crippen LogP contribution in [-0.2, 0) is 0 Å². The molecule has 0 aliphatic rings. The van der Waals surface area contributed by atoms with Gasteiger partial charge in [0, 0.05) is 0 Å². The fourth-order valence-corrected chi connectivity index (χ4v) is 2.44. The Kier molecular flexibility index (Phi) is 12.8. The lowest BCUT2D eigenvalue weighted by Crippen LogP contribution is -2.21. The minimum absolute atomic E-state index is 0.356. The van der Waals surface area contributed by atoms with E-state index in [-0.39, 0.29) is 0 Å². The van der Waals surface area contributed by atoms with Crippen LogP contribution in [0.25, 0.3) is 0 Å². The van der Waals surface area contributed by atoms with Crippen LogP contribution in [0.4, 0.5) is 0 Å². The van der Waals surface area contributed by atoms with Gasteiger partial charge in [0.05, 0.1) is 18.3 Å². The Morgan fingerprint density at radius 3 is 1.74 bits per heavy atom. The van der Waals surface area contributed by atoms with Crippen molar-refractivity contribution in [2.75, 3.05) is 0 Å². The van der Waals surface area contributed by atoms with E-state index in [1.54, 1.807) is 6.92 Å². The molecule has 0 aliphatic heterocycles. The minimum atomic E-state index is -0.580. The van der Waals surface area contributed by atoms with E-state index >= 15 is 0 Å². The van der Waals surface area contributed by atoms with E-state index < -0.39 is 18.3 Å². The Morgan fingerprint density at radius 2 is 1.21 bits per heavy atom. The van der Waals surface area contributed by atoms with Crippen molar-refractivity contribution in [3.63, 3.8) is 0 Å². The number of hydrogen-bond donors (Lipinski definition) is 3. The van der Waals surface area contributed by atoms with Crippen molar-refractivity contribution < 1.29 is 15.3 Å². The first-order chi connectivity index (χ1) is 9.06. The Hall–Kier alpha value is -0.120. The molecule has 0 aromatic rings. The van der Waals surface area contributed by atoms with Gasteiger partial charge in [-0.25, -0.2) is 0 Å². The van der Waals surface area contributed by atoms with Crippen molar-refractivity contribution in [2.24, 2.45) is 0 Å². The maximum absolute atomic E-state index is 9.76. The van der Waals surface area contributed by atoms with Gasteiger partial charge in [-0.05, 0) is 26.2 Å². The van der Waals surface area contributed by atoms with Crippen molar-refractivity contribution in [3.05, 3.63) is 0 Å². The summed E-state index contributed by atoms with van der Waals surface area (Å²) in [5.74, 6) is 0. The quantitative estimate of drug-likeness (QED) is 0.451. The molecular weight excluding hydrogens is 240 g/mol. The van der Waals surface area contributed by atoms with Gasteiger partial charge in [0.15, 0.2) is 0 Å². The van der Waals surface area contributed by atoms with Crippen LogP contribution in [0.5, 0.6) is 0 Å². The second kappa shape index (κ2) is 12.9. The zero-order chi connectivity index (χ0) is 14.5. The van der Waals surface area contributed by atoms with E-state index in [0.717, 1.165) is 12.8 Å². The molecule has 0 spiro atoms. The van der Waals surface area contributed by atoms with Crippen LogP contribution >= 0.6 is 0 Å². The highest BCUT2D eigenvalue weighted by Crippen LogP contribution is 2.14. The molecule has 19 heavy (non-hydrogen) atoms. The summed E-state index contributed by atoms with van der Waals surface area (Å²) in [4.78, 5) is 0. The third kappa shape index (κ3) is 14.1. The topological polar surface area (TPSA) is 60.7 Å². The molecule has 3 N–H and O–H groups in total. The second-order valence-corrected chi connectivity index (χ2v) is 5.89. The van der Waals surface area contributed by atoms with E-state index in [9.17, 15) is 10.2 Å². The maximum atomic E-state index is 9.76. The highest BCUT2D eigenvalue weighted by molar-refractivity contribution is 4.66. The van der Waals surface area contributed by atoms with E-state index in [1.165, 1.54) is 44.9 Å². The molecule has 0 aliphatic carbocycles. The summed E-state index contributed by atoms with van der Waals surface area (Å²) in [5, 5.41) is 28.5. The Bertz CT molecular complexity index is 183. The molecule has 0 rings (SSSR count). The van der Waals surface area contributed by atoms with Gasteiger partial charge in [-0.2, -0.15) is 0 Å². The smallest absolute Gasteiger partial charge is 0.0589 e. The van der Waals surface area contributed by atoms with Gasteiger partial charge in [0.25, 0.3) is 0 Å². The van der Waals surface area contributed by atoms with E-state index in [4.69, 9.17) is 5.11 Å². The van der Waals surface area contributed by atoms with Crippen molar-refractivity contribution >= 4 is 0 Å². The van der Waals surface area contributed by atoms with Crippen LogP contribution < -0.4 is 0 Å². The number of aliphatic hydroxyl groups is 3. The van der Waals surface area contributed by atoms with Crippen molar-refractivity contribution in [3.8, 4) is 0 Å². The van der Waals surface area contributed by atoms with Crippen molar-refractivity contribution in [2.45, 2.75) is 103 Å². The molecular formula is C16H34O3. The summed E-state index contributed by atoms with van der Waals surface area (Å²) >= 11 is 0. The molecule has 0 aromatic carbocycles. The third-order valence-electron chi connectivity index (χ3n) is 3.55. The number of rotatable bonds is 13. The third-order valence-corrected chi connectivity index (χ3v) is 3.55. The lowest BCUT2D eigenvalue weighted by Gasteiger charge is -2.16. The van der Waals surface area contributed by atoms with Crippen molar-refractivity contribution in [1.29, 1.82) is 0 Å². The van der Waals surface area contributed by atoms with Crippen LogP contribution in [0.1, 0.15) is 84.5 Å². The molecule has 0 radical (unpaired) electrons. The molecule has 0 bridgehead atoms. The highest BCUT2D eigenvalue weighted by Gasteiger charge is 2.13. The number of unbranched alkanes of at least 4 members (excludes halogenated alkanes) is 7. The summed E-state index contributed by atoms with van der Waals surface area (Å²) in [6, 6.07) is 0. The summed E-state index contributed by atoms with van der Waals surface area (Å²) in [6.45, 7) is 3.89. The van der Waals surface area contributed by atoms with Gasteiger partial charge in [0.2, 0.25) is 0 Å². The predicted molar refractivity (Wildman–Crippen MR) is 80.2 cm³/mol. The molecule has 0 saturated carbocycles. The molecule has 0 saturated heterocycles. The van der Waals surface area contributed by atoms with E-state index in [1.807, 2.05) is 0 Å². The SMILES string of the molecule is CCCCCCCCCCC(O)CC(O)CC(C)O. The largest absolute Gasteiger partial charge is 0.393 e. The first kappa shape index (κ1) is 18.9. The Labute approximate surface area is 119 Å². The maximum Gasteiger partial charge on any atom is 0.0589 e. The summed E-state index contributed by atoms with van der Waals surface area (Å²) < 4.78 is 0. The number of hydrogen-bond acceptors (Lipinski definition) is 3. The first-order valence-corrected chi connectivity index (χ1v) is 8.10. The molecule has 0 amide bonds. The fraction of sp³-hybridized carbons (Fsp3) is 1.00. The first-order valence-electron chi connectivity index (χ1n) is 8.10. The van der Waals surface area contributed by atoms with Gasteiger partial charge >= 0.3 is 0 Å². The van der Waals surface area contributed by atoms with E-state index in [2.05, 4.69) is 6.92 Å². The summed E-state index contributed by atoms with van der Waals surface area (Å²) in [5.41, 5.74) is 0. The van der Waals surface area contributed by atoms with Crippen LogP contribution in [0.2, 0.25) is 0 Å². The lowest BCUT2D eigenvalue weighted by molar-refractivity contribution is 0.0414.